The van der Waals surface area contributed by atoms with Crippen molar-refractivity contribution in [1.82, 2.24) is 0 Å². The number of aliphatic hydroxyl groups is 6. The number of hydrogen-bond donors (Lipinski definition) is 10. The van der Waals surface area contributed by atoms with Gasteiger partial charge in [0.25, 0.3) is 0 Å². The summed E-state index contributed by atoms with van der Waals surface area (Å²) in [6.45, 7) is 0.691. The topological polar surface area (TPSA) is 269 Å². The maximum atomic E-state index is 13.6. The van der Waals surface area contributed by atoms with E-state index in [4.69, 9.17) is 23.4 Å². The molecule has 10 atom stereocenters. The van der Waals surface area contributed by atoms with Crippen molar-refractivity contribution in [3.05, 3.63) is 40.6 Å². The predicted molar refractivity (Wildman–Crippen MR) is 145 cm³/mol. The van der Waals surface area contributed by atoms with Crippen LogP contribution in [0.1, 0.15) is 6.92 Å². The molecule has 0 radical (unpaired) electrons. The maximum absolute atomic E-state index is 13.6. The summed E-state index contributed by atoms with van der Waals surface area (Å²) in [7, 11) is 0. The first-order chi connectivity index (χ1) is 20.8. The number of fused-ring (bicyclic) bond motifs is 1. The Hall–Kier alpha value is -3.71. The summed E-state index contributed by atoms with van der Waals surface area (Å²) < 4.78 is 28.0. The highest BCUT2D eigenvalue weighted by Crippen LogP contribution is 2.39. The van der Waals surface area contributed by atoms with E-state index in [1.54, 1.807) is 0 Å². The van der Waals surface area contributed by atoms with Crippen LogP contribution in [0, 0.1) is 0 Å². The lowest BCUT2D eigenvalue weighted by atomic mass is 9.96. The number of phenols is 4. The van der Waals surface area contributed by atoms with Gasteiger partial charge < -0.3 is 74.4 Å². The van der Waals surface area contributed by atoms with Gasteiger partial charge in [-0.05, 0) is 25.1 Å². The van der Waals surface area contributed by atoms with E-state index in [1.165, 1.54) is 13.0 Å². The summed E-state index contributed by atoms with van der Waals surface area (Å²) in [5.74, 6) is -3.26. The second-order valence-electron chi connectivity index (χ2n) is 10.7. The smallest absolute Gasteiger partial charge is 0.239 e. The second kappa shape index (κ2) is 12.4. The number of aromatic hydroxyl groups is 4. The van der Waals surface area contributed by atoms with Crippen LogP contribution >= 0.6 is 0 Å². The van der Waals surface area contributed by atoms with Gasteiger partial charge in [0.15, 0.2) is 17.3 Å². The molecule has 0 amide bonds. The molecule has 10 N–H and O–H groups in total. The van der Waals surface area contributed by atoms with Crippen LogP contribution in [0.25, 0.3) is 22.3 Å². The fourth-order valence-electron chi connectivity index (χ4n) is 5.07. The van der Waals surface area contributed by atoms with Crippen molar-refractivity contribution in [2.75, 3.05) is 13.2 Å². The normalized spacial score (nSPS) is 32.5. The van der Waals surface area contributed by atoms with Gasteiger partial charge in [-0.25, -0.2) is 0 Å². The third-order valence-corrected chi connectivity index (χ3v) is 7.57. The summed E-state index contributed by atoms with van der Waals surface area (Å²) in [6, 6.07) is 5.28. The lowest BCUT2D eigenvalue weighted by Gasteiger charge is -2.41. The van der Waals surface area contributed by atoms with E-state index in [0.29, 0.717) is 0 Å². The van der Waals surface area contributed by atoms with Gasteiger partial charge in [0.1, 0.15) is 71.3 Å². The zero-order valence-corrected chi connectivity index (χ0v) is 23.0. The standard InChI is InChI=1S/C28H32O16/c1-9-19(33)23(37)20(34)16(41-9)7-40-8-17-21(35)24(38)25(39)28(43-17)44-27-22(36)18-14(32)5-11(29)6-15(18)42-26(27)10-2-3-12(30)13(31)4-10/h2-6,9,16-17,19-21,23-25,28-35,37-39H,7-8H2,1H3. The van der Waals surface area contributed by atoms with E-state index < -0.39 is 107 Å². The molecule has 2 saturated heterocycles. The highest BCUT2D eigenvalue weighted by molar-refractivity contribution is 5.88. The zero-order valence-electron chi connectivity index (χ0n) is 23.0. The molecule has 240 valence electrons. The molecule has 16 nitrogen and oxygen atoms in total. The van der Waals surface area contributed by atoms with Crippen molar-refractivity contribution in [1.29, 1.82) is 0 Å². The number of phenolic OH excluding ortho intramolecular Hbond substituents is 4. The fraction of sp³-hybridized carbons (Fsp3) is 0.464. The van der Waals surface area contributed by atoms with E-state index >= 15 is 0 Å². The van der Waals surface area contributed by atoms with E-state index in [0.717, 1.165) is 24.3 Å². The van der Waals surface area contributed by atoms with Crippen molar-refractivity contribution >= 4 is 11.0 Å². The van der Waals surface area contributed by atoms with Crippen molar-refractivity contribution in [2.45, 2.75) is 68.1 Å². The van der Waals surface area contributed by atoms with Gasteiger partial charge in [0.2, 0.25) is 17.5 Å². The first-order valence-corrected chi connectivity index (χ1v) is 13.5. The first kappa shape index (κ1) is 31.7. The van der Waals surface area contributed by atoms with Gasteiger partial charge >= 0.3 is 0 Å². The number of benzene rings is 2. The van der Waals surface area contributed by atoms with Gasteiger partial charge in [-0.3, -0.25) is 4.79 Å². The Morgan fingerprint density at radius 2 is 1.36 bits per heavy atom. The molecular weight excluding hydrogens is 592 g/mol. The van der Waals surface area contributed by atoms with E-state index in [-0.39, 0.29) is 23.5 Å². The molecule has 1 aromatic heterocycles. The van der Waals surface area contributed by atoms with Crippen LogP contribution < -0.4 is 10.2 Å². The Labute approximate surface area is 247 Å². The minimum absolute atomic E-state index is 0.0181. The number of rotatable bonds is 7. The Morgan fingerprint density at radius 3 is 2.02 bits per heavy atom. The van der Waals surface area contributed by atoms with Gasteiger partial charge in [-0.1, -0.05) is 0 Å². The third kappa shape index (κ3) is 5.86. The molecule has 44 heavy (non-hydrogen) atoms. The van der Waals surface area contributed by atoms with E-state index in [9.17, 15) is 55.9 Å². The van der Waals surface area contributed by atoms with Gasteiger partial charge in [-0.2, -0.15) is 0 Å². The third-order valence-electron chi connectivity index (χ3n) is 7.57. The van der Waals surface area contributed by atoms with E-state index in [2.05, 4.69) is 0 Å². The Kier molecular flexibility index (Phi) is 8.90. The molecule has 2 aliphatic rings. The molecule has 5 rings (SSSR count). The second-order valence-corrected chi connectivity index (χ2v) is 10.7. The van der Waals surface area contributed by atoms with Crippen molar-refractivity contribution in [3.8, 4) is 40.1 Å². The molecule has 0 bridgehead atoms. The largest absolute Gasteiger partial charge is 0.508 e. The van der Waals surface area contributed by atoms with Crippen LogP contribution in [-0.4, -0.2) is 126 Å². The monoisotopic (exact) mass is 624 g/mol. The summed E-state index contributed by atoms with van der Waals surface area (Å²) in [4.78, 5) is 13.6. The minimum atomic E-state index is -1.94. The molecule has 0 aliphatic carbocycles. The maximum Gasteiger partial charge on any atom is 0.239 e. The minimum Gasteiger partial charge on any atom is -0.508 e. The SMILES string of the molecule is CC1OC(COCC2OC(Oc3c(-c4ccc(O)c(O)c4)oc4cc(O)cc(O)c4c3=O)C(O)C(O)C2O)C(O)C(O)C1O. The van der Waals surface area contributed by atoms with Crippen LogP contribution in [0.5, 0.6) is 28.7 Å². The summed E-state index contributed by atoms with van der Waals surface area (Å²) in [5.41, 5.74) is -1.31. The zero-order chi connectivity index (χ0) is 32.0. The van der Waals surface area contributed by atoms with E-state index in [1.807, 2.05) is 0 Å². The van der Waals surface area contributed by atoms with Crippen molar-refractivity contribution in [2.24, 2.45) is 0 Å². The molecule has 2 aliphatic heterocycles. The van der Waals surface area contributed by atoms with Crippen molar-refractivity contribution in [3.63, 3.8) is 0 Å². The Balaban J connectivity index is 1.43. The van der Waals surface area contributed by atoms with Crippen LogP contribution in [0.15, 0.2) is 39.5 Å². The molecule has 0 saturated carbocycles. The lowest BCUT2D eigenvalue weighted by molar-refractivity contribution is -0.283. The van der Waals surface area contributed by atoms with Crippen LogP contribution in [-0.2, 0) is 14.2 Å². The quantitative estimate of drug-likeness (QED) is 0.132. The molecule has 3 aromatic rings. The molecule has 16 heteroatoms. The number of ether oxygens (including phenoxy) is 4. The highest BCUT2D eigenvalue weighted by Gasteiger charge is 2.46. The van der Waals surface area contributed by atoms with Crippen LogP contribution in [0.2, 0.25) is 0 Å². The van der Waals surface area contributed by atoms with Crippen LogP contribution in [0.4, 0.5) is 0 Å². The van der Waals surface area contributed by atoms with Gasteiger partial charge in [0.05, 0.1) is 19.3 Å². The highest BCUT2D eigenvalue weighted by atomic mass is 16.7. The summed E-state index contributed by atoms with van der Waals surface area (Å²) in [5, 5.41) is 101. The van der Waals surface area contributed by atoms with Crippen molar-refractivity contribution < 1.29 is 74.4 Å². The average Bonchev–Trinajstić information content (AvgIpc) is 2.97. The van der Waals surface area contributed by atoms with Crippen LogP contribution in [0.3, 0.4) is 0 Å². The number of aliphatic hydroxyl groups excluding tert-OH is 6. The Morgan fingerprint density at radius 1 is 0.727 bits per heavy atom. The molecule has 2 fully saturated rings. The molecule has 3 heterocycles. The lowest BCUT2D eigenvalue weighted by Crippen LogP contribution is -2.61. The average molecular weight is 625 g/mol. The molecule has 2 aromatic carbocycles. The molecule has 0 spiro atoms. The summed E-state index contributed by atoms with van der Waals surface area (Å²) >= 11 is 0. The number of hydrogen-bond acceptors (Lipinski definition) is 16. The molecule has 10 unspecified atom stereocenters. The van der Waals surface area contributed by atoms with Gasteiger partial charge in [0, 0.05) is 17.7 Å². The fourth-order valence-corrected chi connectivity index (χ4v) is 5.07. The Bertz CT molecular complexity index is 1560. The first-order valence-electron chi connectivity index (χ1n) is 13.5. The predicted octanol–water partition coefficient (Wildman–Crippen LogP) is -1.64. The van der Waals surface area contributed by atoms with Gasteiger partial charge in [-0.15, -0.1) is 0 Å². The molecular formula is C28H32O16. The summed E-state index contributed by atoms with van der Waals surface area (Å²) in [6.07, 6.45) is -15.0.